The normalized spacial score (nSPS) is 22.9. The van der Waals surface area contributed by atoms with E-state index >= 15 is 0 Å². The fourth-order valence-corrected chi connectivity index (χ4v) is 2.20. The SMILES string of the molecule is OC[C@H]1CCCCN1Cc1ccncc1. The molecule has 2 heterocycles. The van der Waals surface area contributed by atoms with Crippen LogP contribution in [0.2, 0.25) is 0 Å². The lowest BCUT2D eigenvalue weighted by Gasteiger charge is -2.34. The maximum absolute atomic E-state index is 9.29. The first-order valence-corrected chi connectivity index (χ1v) is 5.64. The molecule has 0 saturated carbocycles. The molecular weight excluding hydrogens is 188 g/mol. The van der Waals surface area contributed by atoms with Gasteiger partial charge in [0.15, 0.2) is 0 Å². The number of likely N-dealkylation sites (tertiary alicyclic amines) is 1. The monoisotopic (exact) mass is 206 g/mol. The van der Waals surface area contributed by atoms with E-state index in [0.29, 0.717) is 6.04 Å². The van der Waals surface area contributed by atoms with Crippen molar-refractivity contribution in [3.63, 3.8) is 0 Å². The van der Waals surface area contributed by atoms with E-state index < -0.39 is 0 Å². The molecule has 0 aliphatic carbocycles. The van der Waals surface area contributed by atoms with E-state index in [1.54, 1.807) is 0 Å². The van der Waals surface area contributed by atoms with Crippen molar-refractivity contribution in [2.45, 2.75) is 31.8 Å². The molecule has 0 unspecified atom stereocenters. The number of pyridine rings is 1. The molecule has 1 atom stereocenters. The van der Waals surface area contributed by atoms with Crippen molar-refractivity contribution in [3.8, 4) is 0 Å². The lowest BCUT2D eigenvalue weighted by molar-refractivity contribution is 0.0841. The summed E-state index contributed by atoms with van der Waals surface area (Å²) >= 11 is 0. The highest BCUT2D eigenvalue weighted by Gasteiger charge is 2.21. The van der Waals surface area contributed by atoms with Crippen molar-refractivity contribution < 1.29 is 5.11 Å². The van der Waals surface area contributed by atoms with Gasteiger partial charge in [0.05, 0.1) is 6.61 Å². The maximum atomic E-state index is 9.29. The Labute approximate surface area is 90.8 Å². The van der Waals surface area contributed by atoms with Crippen LogP contribution in [0.15, 0.2) is 24.5 Å². The van der Waals surface area contributed by atoms with Crippen LogP contribution in [0.5, 0.6) is 0 Å². The third kappa shape index (κ3) is 2.76. The zero-order valence-electron chi connectivity index (χ0n) is 8.97. The Hall–Kier alpha value is -0.930. The van der Waals surface area contributed by atoms with Crippen LogP contribution in [0.25, 0.3) is 0 Å². The molecule has 0 amide bonds. The lowest BCUT2D eigenvalue weighted by atomic mass is 10.0. The molecule has 3 heteroatoms. The van der Waals surface area contributed by atoms with Crippen LogP contribution >= 0.6 is 0 Å². The second kappa shape index (κ2) is 5.24. The van der Waals surface area contributed by atoms with Gasteiger partial charge in [0, 0.05) is 25.0 Å². The molecule has 0 radical (unpaired) electrons. The predicted molar refractivity (Wildman–Crippen MR) is 59.4 cm³/mol. The van der Waals surface area contributed by atoms with Gasteiger partial charge >= 0.3 is 0 Å². The van der Waals surface area contributed by atoms with E-state index in [-0.39, 0.29) is 6.61 Å². The second-order valence-corrected chi connectivity index (χ2v) is 4.16. The van der Waals surface area contributed by atoms with Gasteiger partial charge < -0.3 is 5.11 Å². The maximum Gasteiger partial charge on any atom is 0.0586 e. The van der Waals surface area contributed by atoms with Crippen molar-refractivity contribution in [1.29, 1.82) is 0 Å². The summed E-state index contributed by atoms with van der Waals surface area (Å²) in [6.07, 6.45) is 7.28. The Bertz CT molecular complexity index is 289. The van der Waals surface area contributed by atoms with Gasteiger partial charge in [-0.15, -0.1) is 0 Å². The van der Waals surface area contributed by atoms with E-state index in [2.05, 4.69) is 9.88 Å². The molecule has 1 N–H and O–H groups in total. The Morgan fingerprint density at radius 1 is 1.33 bits per heavy atom. The Morgan fingerprint density at radius 3 is 2.87 bits per heavy atom. The minimum atomic E-state index is 0.283. The van der Waals surface area contributed by atoms with Crippen LogP contribution in [0, 0.1) is 0 Å². The fourth-order valence-electron chi connectivity index (χ4n) is 2.20. The molecule has 1 aliphatic rings. The highest BCUT2D eigenvalue weighted by molar-refractivity contribution is 5.09. The molecule has 1 aliphatic heterocycles. The van der Waals surface area contributed by atoms with Crippen molar-refractivity contribution in [2.24, 2.45) is 0 Å². The van der Waals surface area contributed by atoms with Gasteiger partial charge in [-0.2, -0.15) is 0 Å². The van der Waals surface area contributed by atoms with E-state index in [1.807, 2.05) is 24.5 Å². The molecule has 15 heavy (non-hydrogen) atoms. The molecular formula is C12H18N2O. The molecule has 0 spiro atoms. The van der Waals surface area contributed by atoms with E-state index in [0.717, 1.165) is 19.5 Å². The Balaban J connectivity index is 1.97. The summed E-state index contributed by atoms with van der Waals surface area (Å²) in [6, 6.07) is 4.44. The van der Waals surface area contributed by atoms with Gasteiger partial charge in [-0.25, -0.2) is 0 Å². The number of aromatic nitrogens is 1. The van der Waals surface area contributed by atoms with Gasteiger partial charge in [-0.1, -0.05) is 6.42 Å². The van der Waals surface area contributed by atoms with Crippen molar-refractivity contribution in [2.75, 3.05) is 13.2 Å². The van der Waals surface area contributed by atoms with Crippen molar-refractivity contribution >= 4 is 0 Å². The predicted octanol–water partition coefficient (Wildman–Crippen LogP) is 1.43. The molecule has 0 aromatic carbocycles. The zero-order valence-corrected chi connectivity index (χ0v) is 8.97. The van der Waals surface area contributed by atoms with Crippen LogP contribution in [0.3, 0.4) is 0 Å². The van der Waals surface area contributed by atoms with E-state index in [1.165, 1.54) is 18.4 Å². The third-order valence-corrected chi connectivity index (χ3v) is 3.09. The number of hydrogen-bond donors (Lipinski definition) is 1. The van der Waals surface area contributed by atoms with Gasteiger partial charge in [-0.3, -0.25) is 9.88 Å². The summed E-state index contributed by atoms with van der Waals surface area (Å²) < 4.78 is 0. The van der Waals surface area contributed by atoms with Crippen LogP contribution in [0.1, 0.15) is 24.8 Å². The molecule has 2 rings (SSSR count). The van der Waals surface area contributed by atoms with Crippen molar-refractivity contribution in [1.82, 2.24) is 9.88 Å². The highest BCUT2D eigenvalue weighted by atomic mass is 16.3. The number of nitrogens with zero attached hydrogens (tertiary/aromatic N) is 2. The van der Waals surface area contributed by atoms with Gasteiger partial charge in [0.2, 0.25) is 0 Å². The number of rotatable bonds is 3. The summed E-state index contributed by atoms with van der Waals surface area (Å²) in [6.45, 7) is 2.33. The van der Waals surface area contributed by atoms with E-state index in [4.69, 9.17) is 0 Å². The van der Waals surface area contributed by atoms with Gasteiger partial charge in [-0.05, 0) is 37.1 Å². The number of aliphatic hydroxyl groups excluding tert-OH is 1. The lowest BCUT2D eigenvalue weighted by Crippen LogP contribution is -2.41. The first-order valence-electron chi connectivity index (χ1n) is 5.64. The molecule has 1 saturated heterocycles. The molecule has 3 nitrogen and oxygen atoms in total. The van der Waals surface area contributed by atoms with Gasteiger partial charge in [0.25, 0.3) is 0 Å². The van der Waals surface area contributed by atoms with E-state index in [9.17, 15) is 5.11 Å². The average molecular weight is 206 g/mol. The summed E-state index contributed by atoms with van der Waals surface area (Å²) in [7, 11) is 0. The molecule has 1 aromatic rings. The number of piperidine rings is 1. The Morgan fingerprint density at radius 2 is 2.13 bits per heavy atom. The van der Waals surface area contributed by atoms with Crippen LogP contribution < -0.4 is 0 Å². The zero-order chi connectivity index (χ0) is 10.5. The largest absolute Gasteiger partial charge is 0.395 e. The number of aliphatic hydroxyl groups is 1. The standard InChI is InChI=1S/C12H18N2O/c15-10-12-3-1-2-8-14(12)9-11-4-6-13-7-5-11/h4-7,12,15H,1-3,8-10H2/t12-/m1/s1. The Kier molecular flexibility index (Phi) is 3.69. The van der Waals surface area contributed by atoms with Crippen LogP contribution in [-0.4, -0.2) is 34.2 Å². The van der Waals surface area contributed by atoms with Crippen LogP contribution in [0.4, 0.5) is 0 Å². The smallest absolute Gasteiger partial charge is 0.0586 e. The summed E-state index contributed by atoms with van der Waals surface area (Å²) in [5.74, 6) is 0. The fraction of sp³-hybridized carbons (Fsp3) is 0.583. The minimum Gasteiger partial charge on any atom is -0.395 e. The summed E-state index contributed by atoms with van der Waals surface area (Å²) in [4.78, 5) is 6.38. The summed E-state index contributed by atoms with van der Waals surface area (Å²) in [5, 5.41) is 9.29. The molecule has 1 fully saturated rings. The topological polar surface area (TPSA) is 36.4 Å². The number of hydrogen-bond acceptors (Lipinski definition) is 3. The third-order valence-electron chi connectivity index (χ3n) is 3.09. The quantitative estimate of drug-likeness (QED) is 0.812. The van der Waals surface area contributed by atoms with Crippen LogP contribution in [-0.2, 0) is 6.54 Å². The molecule has 0 bridgehead atoms. The average Bonchev–Trinajstić information content (AvgIpc) is 2.31. The highest BCUT2D eigenvalue weighted by Crippen LogP contribution is 2.18. The second-order valence-electron chi connectivity index (χ2n) is 4.16. The summed E-state index contributed by atoms with van der Waals surface area (Å²) in [5.41, 5.74) is 1.28. The first kappa shape index (κ1) is 10.6. The van der Waals surface area contributed by atoms with Gasteiger partial charge in [0.1, 0.15) is 0 Å². The molecule has 1 aromatic heterocycles. The first-order chi connectivity index (χ1) is 7.40. The molecule has 82 valence electrons. The van der Waals surface area contributed by atoms with Crippen molar-refractivity contribution in [3.05, 3.63) is 30.1 Å². The minimum absolute atomic E-state index is 0.283.